The molecule has 1 aliphatic rings. The van der Waals surface area contributed by atoms with Crippen LogP contribution >= 0.6 is 0 Å². The van der Waals surface area contributed by atoms with Gasteiger partial charge < -0.3 is 15.5 Å². The van der Waals surface area contributed by atoms with Crippen LogP contribution in [0.5, 0.6) is 0 Å². The zero-order valence-corrected chi connectivity index (χ0v) is 18.0. The van der Waals surface area contributed by atoms with Crippen molar-refractivity contribution in [2.45, 2.75) is 17.6 Å². The van der Waals surface area contributed by atoms with E-state index in [9.17, 15) is 21.3 Å². The molecule has 2 aromatic rings. The first-order valence-electron chi connectivity index (χ1n) is 10.0. The number of piperazine rings is 1. The summed E-state index contributed by atoms with van der Waals surface area (Å²) in [6, 6.07) is 10.9. The lowest BCUT2D eigenvalue weighted by Crippen LogP contribution is -2.48. The van der Waals surface area contributed by atoms with Crippen molar-refractivity contribution in [2.24, 2.45) is 0 Å². The molecule has 0 saturated carbocycles. The number of benzene rings is 2. The largest absolute Gasteiger partial charge is 0.416 e. The summed E-state index contributed by atoms with van der Waals surface area (Å²) >= 11 is -2.47. The Kier molecular flexibility index (Phi) is 7.90. The van der Waals surface area contributed by atoms with Crippen LogP contribution < -0.4 is 15.5 Å². The number of halogens is 4. The maximum absolute atomic E-state index is 13.3. The highest BCUT2D eigenvalue weighted by Gasteiger charge is 2.33. The number of anilines is 2. The minimum Gasteiger partial charge on any atom is -0.388 e. The molecule has 1 heterocycles. The van der Waals surface area contributed by atoms with E-state index in [4.69, 9.17) is 0 Å². The van der Waals surface area contributed by atoms with E-state index in [-0.39, 0.29) is 17.0 Å². The van der Waals surface area contributed by atoms with Gasteiger partial charge in [-0.1, -0.05) is 6.07 Å². The highest BCUT2D eigenvalue weighted by atomic mass is 32.2. The average molecular weight is 459 g/mol. The Hall–Kier alpha value is -2.17. The van der Waals surface area contributed by atoms with E-state index < -0.39 is 22.9 Å². The van der Waals surface area contributed by atoms with Gasteiger partial charge in [-0.05, 0) is 42.0 Å². The lowest BCUT2D eigenvalue weighted by atomic mass is 10.1. The molecule has 5 nitrogen and oxygen atoms in total. The minimum atomic E-state index is -4.39. The Balaban J connectivity index is 1.44. The number of nitrogens with one attached hydrogen (secondary N) is 2. The molecule has 0 bridgehead atoms. The van der Waals surface area contributed by atoms with Gasteiger partial charge in [0.15, 0.2) is 0 Å². The molecular formula is C21H26F4N4OS. The van der Waals surface area contributed by atoms with E-state index in [0.29, 0.717) is 12.2 Å². The molecule has 2 N–H and O–H groups in total. The van der Waals surface area contributed by atoms with E-state index in [1.165, 1.54) is 18.2 Å². The van der Waals surface area contributed by atoms with Gasteiger partial charge in [0.25, 0.3) is 0 Å². The summed E-state index contributed by atoms with van der Waals surface area (Å²) in [5.41, 5.74) is 0.996. The molecule has 1 saturated heterocycles. The van der Waals surface area contributed by atoms with E-state index in [1.807, 2.05) is 0 Å². The van der Waals surface area contributed by atoms with Crippen molar-refractivity contribution in [1.82, 2.24) is 10.2 Å². The number of alkyl halides is 3. The van der Waals surface area contributed by atoms with Crippen molar-refractivity contribution in [3.8, 4) is 0 Å². The highest BCUT2D eigenvalue weighted by molar-refractivity contribution is 7.79. The Morgan fingerprint density at radius 2 is 1.71 bits per heavy atom. The van der Waals surface area contributed by atoms with Gasteiger partial charge >= 0.3 is 6.18 Å². The predicted octanol–water partition coefficient (Wildman–Crippen LogP) is 3.65. The molecule has 31 heavy (non-hydrogen) atoms. The molecule has 0 amide bonds. The van der Waals surface area contributed by atoms with Crippen molar-refractivity contribution in [3.63, 3.8) is 0 Å². The van der Waals surface area contributed by atoms with E-state index in [1.54, 1.807) is 25.2 Å². The smallest absolute Gasteiger partial charge is 0.388 e. The van der Waals surface area contributed by atoms with Gasteiger partial charge in [0.2, 0.25) is 11.2 Å². The van der Waals surface area contributed by atoms with Crippen molar-refractivity contribution >= 4 is 22.6 Å². The van der Waals surface area contributed by atoms with Crippen LogP contribution in [0.25, 0.3) is 0 Å². The van der Waals surface area contributed by atoms with Gasteiger partial charge in [-0.2, -0.15) is 13.2 Å². The third kappa shape index (κ3) is 6.41. The highest BCUT2D eigenvalue weighted by Crippen LogP contribution is 2.33. The van der Waals surface area contributed by atoms with E-state index in [2.05, 4.69) is 20.4 Å². The van der Waals surface area contributed by atoms with Crippen LogP contribution in [0.4, 0.5) is 28.4 Å². The zero-order valence-electron chi connectivity index (χ0n) is 17.2. The second-order valence-electron chi connectivity index (χ2n) is 7.34. The van der Waals surface area contributed by atoms with Crippen molar-refractivity contribution in [3.05, 3.63) is 53.6 Å². The maximum atomic E-state index is 13.3. The maximum Gasteiger partial charge on any atom is 0.416 e. The first-order valence-corrected chi connectivity index (χ1v) is 11.1. The third-order valence-corrected chi connectivity index (χ3v) is 6.03. The number of rotatable bonds is 8. The van der Waals surface area contributed by atoms with Gasteiger partial charge in [-0.3, -0.25) is 4.90 Å². The number of hydrogen-bond donors (Lipinski definition) is 2. The standard InChI is InChI=1S/C21H26F4N4OS/c1-26-17-3-2-16(20(14-17)21(22,23)24)15-27-8-9-28-10-12-29(13-11-28)18-4-6-19(7-5-18)31(25)30/h2-7,14,26-27H,8-13,15H2,1H3. The molecule has 170 valence electrons. The van der Waals surface area contributed by atoms with Crippen LogP contribution in [-0.4, -0.2) is 55.4 Å². The van der Waals surface area contributed by atoms with E-state index >= 15 is 0 Å². The number of hydrogen-bond acceptors (Lipinski definition) is 5. The second-order valence-corrected chi connectivity index (χ2v) is 8.26. The Morgan fingerprint density at radius 1 is 1.03 bits per heavy atom. The van der Waals surface area contributed by atoms with Gasteiger partial charge in [-0.25, -0.2) is 4.21 Å². The average Bonchev–Trinajstić information content (AvgIpc) is 2.76. The predicted molar refractivity (Wildman–Crippen MR) is 115 cm³/mol. The van der Waals surface area contributed by atoms with Crippen LogP contribution in [0.3, 0.4) is 0 Å². The van der Waals surface area contributed by atoms with Crippen LogP contribution in [-0.2, 0) is 23.9 Å². The van der Waals surface area contributed by atoms with Crippen molar-refractivity contribution in [2.75, 3.05) is 56.5 Å². The lowest BCUT2D eigenvalue weighted by Gasteiger charge is -2.36. The molecule has 0 spiro atoms. The molecule has 1 unspecified atom stereocenters. The monoisotopic (exact) mass is 458 g/mol. The SMILES string of the molecule is CNc1ccc(CNCCN2CCN(c3ccc(S(=O)F)cc3)CC2)c(C(F)(F)F)c1. The van der Waals surface area contributed by atoms with Gasteiger partial charge in [0.1, 0.15) is 0 Å². The van der Waals surface area contributed by atoms with Crippen LogP contribution in [0.1, 0.15) is 11.1 Å². The zero-order chi connectivity index (χ0) is 22.4. The molecular weight excluding hydrogens is 432 g/mol. The van der Waals surface area contributed by atoms with Crippen LogP contribution in [0.2, 0.25) is 0 Å². The fourth-order valence-electron chi connectivity index (χ4n) is 3.60. The molecule has 1 aliphatic heterocycles. The first kappa shape index (κ1) is 23.5. The fraction of sp³-hybridized carbons (Fsp3) is 0.429. The van der Waals surface area contributed by atoms with Gasteiger partial charge in [0.05, 0.1) is 10.5 Å². The van der Waals surface area contributed by atoms with E-state index in [0.717, 1.165) is 44.5 Å². The van der Waals surface area contributed by atoms with Crippen molar-refractivity contribution < 1.29 is 21.3 Å². The molecule has 10 heteroatoms. The normalized spacial score (nSPS) is 16.4. The summed E-state index contributed by atoms with van der Waals surface area (Å²) in [6.07, 6.45) is -4.39. The Morgan fingerprint density at radius 3 is 2.29 bits per heavy atom. The summed E-state index contributed by atoms with van der Waals surface area (Å²) in [7, 11) is 1.59. The lowest BCUT2D eigenvalue weighted by molar-refractivity contribution is -0.138. The second kappa shape index (κ2) is 10.4. The molecule has 0 radical (unpaired) electrons. The minimum absolute atomic E-state index is 0.154. The van der Waals surface area contributed by atoms with Crippen LogP contribution in [0.15, 0.2) is 47.4 Å². The summed E-state index contributed by atoms with van der Waals surface area (Å²) in [6.45, 7) is 4.71. The van der Waals surface area contributed by atoms with Crippen molar-refractivity contribution in [1.29, 1.82) is 0 Å². The molecule has 3 rings (SSSR count). The molecule has 0 aliphatic carbocycles. The summed E-state index contributed by atoms with van der Waals surface area (Å²) in [5.74, 6) is 0. The summed E-state index contributed by atoms with van der Waals surface area (Å²) in [5, 5.41) is 5.86. The Labute approximate surface area is 182 Å². The molecule has 1 fully saturated rings. The van der Waals surface area contributed by atoms with Gasteiger partial charge in [0, 0.05) is 64.2 Å². The molecule has 0 aromatic heterocycles. The first-order chi connectivity index (χ1) is 14.8. The Bertz CT molecular complexity index is 884. The summed E-state index contributed by atoms with van der Waals surface area (Å²) < 4.78 is 63.6. The quantitative estimate of drug-likeness (QED) is 0.359. The van der Waals surface area contributed by atoms with Gasteiger partial charge in [-0.15, -0.1) is 3.89 Å². The molecule has 1 atom stereocenters. The third-order valence-electron chi connectivity index (χ3n) is 5.38. The topological polar surface area (TPSA) is 47.6 Å². The summed E-state index contributed by atoms with van der Waals surface area (Å²) in [4.78, 5) is 4.58. The number of nitrogens with zero attached hydrogens (tertiary/aromatic N) is 2. The van der Waals surface area contributed by atoms with Crippen LogP contribution in [0, 0.1) is 0 Å². The fourth-order valence-corrected chi connectivity index (χ4v) is 3.95. The molecule has 2 aromatic carbocycles.